The molecular weight excluding hydrogens is 446 g/mol. The maximum atomic E-state index is 11.4. The summed E-state index contributed by atoms with van der Waals surface area (Å²) in [6.45, 7) is 7.67. The SMILES string of the molecule is CC(C)Oc1ncc(-c2nc(-c3cccc4c3cnn4CCC(C)(C)C(=O)O)no2)cc1Cl. The van der Waals surface area contributed by atoms with Gasteiger partial charge >= 0.3 is 5.97 Å². The fourth-order valence-corrected chi connectivity index (χ4v) is 3.48. The van der Waals surface area contributed by atoms with Gasteiger partial charge in [0.25, 0.3) is 5.89 Å². The second-order valence-electron chi connectivity index (χ2n) is 8.65. The third kappa shape index (κ3) is 4.68. The highest BCUT2D eigenvalue weighted by Crippen LogP contribution is 2.32. The number of aliphatic carboxylic acids is 1. The van der Waals surface area contributed by atoms with Crippen molar-refractivity contribution in [2.45, 2.75) is 46.8 Å². The first-order chi connectivity index (χ1) is 15.7. The van der Waals surface area contributed by atoms with Crippen LogP contribution in [0.1, 0.15) is 34.1 Å². The van der Waals surface area contributed by atoms with Crippen molar-refractivity contribution in [3.63, 3.8) is 0 Å². The molecule has 3 heterocycles. The second kappa shape index (κ2) is 8.82. The Morgan fingerprint density at radius 2 is 2.09 bits per heavy atom. The minimum atomic E-state index is -0.844. The quantitative estimate of drug-likeness (QED) is 0.379. The molecule has 9 nitrogen and oxygen atoms in total. The molecule has 1 N–H and O–H groups in total. The molecule has 0 saturated carbocycles. The number of carboxylic acid groups (broad SMARTS) is 1. The molecule has 4 rings (SSSR count). The molecule has 10 heteroatoms. The maximum absolute atomic E-state index is 11.4. The Kier molecular flexibility index (Phi) is 6.07. The van der Waals surface area contributed by atoms with Gasteiger partial charge in [-0.15, -0.1) is 0 Å². The van der Waals surface area contributed by atoms with Crippen molar-refractivity contribution in [2.24, 2.45) is 5.41 Å². The van der Waals surface area contributed by atoms with Gasteiger partial charge in [-0.2, -0.15) is 10.1 Å². The average Bonchev–Trinajstić information content (AvgIpc) is 3.40. The zero-order valence-corrected chi connectivity index (χ0v) is 19.5. The number of carboxylic acids is 1. The van der Waals surface area contributed by atoms with Gasteiger partial charge in [-0.25, -0.2) is 4.98 Å². The lowest BCUT2D eigenvalue weighted by molar-refractivity contribution is -0.147. The number of hydrogen-bond donors (Lipinski definition) is 1. The van der Waals surface area contributed by atoms with E-state index < -0.39 is 11.4 Å². The highest BCUT2D eigenvalue weighted by atomic mass is 35.5. The molecule has 0 aliphatic heterocycles. The fraction of sp³-hybridized carbons (Fsp3) is 0.348. The van der Waals surface area contributed by atoms with Crippen LogP contribution in [-0.4, -0.2) is 42.1 Å². The molecule has 0 radical (unpaired) electrons. The number of ether oxygens (including phenoxy) is 1. The van der Waals surface area contributed by atoms with Gasteiger partial charge in [-0.1, -0.05) is 28.9 Å². The summed E-state index contributed by atoms with van der Waals surface area (Å²) in [6.07, 6.45) is 3.70. The fourth-order valence-electron chi connectivity index (χ4n) is 3.27. The Labute approximate surface area is 195 Å². The van der Waals surface area contributed by atoms with Crippen LogP contribution in [0.25, 0.3) is 33.7 Å². The molecule has 0 aliphatic carbocycles. The lowest BCUT2D eigenvalue weighted by Gasteiger charge is -2.18. The molecule has 0 bridgehead atoms. The van der Waals surface area contributed by atoms with Crippen LogP contribution in [0.15, 0.2) is 41.2 Å². The van der Waals surface area contributed by atoms with E-state index in [4.69, 9.17) is 20.9 Å². The van der Waals surface area contributed by atoms with Crippen LogP contribution in [0.3, 0.4) is 0 Å². The number of carbonyl (C=O) groups is 1. The first-order valence-corrected chi connectivity index (χ1v) is 10.9. The number of nitrogens with zero attached hydrogens (tertiary/aromatic N) is 5. The third-order valence-corrected chi connectivity index (χ3v) is 5.55. The van der Waals surface area contributed by atoms with Gasteiger partial charge in [0.15, 0.2) is 0 Å². The molecule has 0 atom stereocenters. The highest BCUT2D eigenvalue weighted by Gasteiger charge is 2.27. The summed E-state index contributed by atoms with van der Waals surface area (Å²) in [5.41, 5.74) is 1.35. The summed E-state index contributed by atoms with van der Waals surface area (Å²) in [4.78, 5) is 20.2. The van der Waals surface area contributed by atoms with Gasteiger partial charge in [-0.05, 0) is 46.2 Å². The van der Waals surface area contributed by atoms with Crippen molar-refractivity contribution >= 4 is 28.5 Å². The number of benzene rings is 1. The van der Waals surface area contributed by atoms with Crippen LogP contribution in [-0.2, 0) is 11.3 Å². The summed E-state index contributed by atoms with van der Waals surface area (Å²) < 4.78 is 12.8. The Balaban J connectivity index is 1.61. The second-order valence-corrected chi connectivity index (χ2v) is 9.05. The number of fused-ring (bicyclic) bond motifs is 1. The number of halogens is 1. The number of aromatic nitrogens is 5. The molecular formula is C23H24ClN5O4. The predicted molar refractivity (Wildman–Crippen MR) is 123 cm³/mol. The monoisotopic (exact) mass is 469 g/mol. The highest BCUT2D eigenvalue weighted by molar-refractivity contribution is 6.32. The van der Waals surface area contributed by atoms with Crippen molar-refractivity contribution in [3.8, 4) is 28.7 Å². The molecule has 4 aromatic rings. The van der Waals surface area contributed by atoms with E-state index in [2.05, 4.69) is 20.2 Å². The van der Waals surface area contributed by atoms with Crippen molar-refractivity contribution in [1.29, 1.82) is 0 Å². The van der Waals surface area contributed by atoms with Crippen molar-refractivity contribution in [3.05, 3.63) is 41.7 Å². The summed E-state index contributed by atoms with van der Waals surface area (Å²) in [5.74, 6) is 0.193. The summed E-state index contributed by atoms with van der Waals surface area (Å²) in [5, 5.41) is 19.1. The van der Waals surface area contributed by atoms with E-state index in [1.165, 1.54) is 0 Å². The van der Waals surface area contributed by atoms with Crippen molar-refractivity contribution in [2.75, 3.05) is 0 Å². The van der Waals surface area contributed by atoms with E-state index in [9.17, 15) is 9.90 Å². The van der Waals surface area contributed by atoms with E-state index in [0.717, 1.165) is 16.5 Å². The minimum Gasteiger partial charge on any atom is -0.481 e. The summed E-state index contributed by atoms with van der Waals surface area (Å²) in [7, 11) is 0. The number of rotatable bonds is 8. The Hall–Kier alpha value is -3.46. The van der Waals surface area contributed by atoms with E-state index in [0.29, 0.717) is 35.3 Å². The van der Waals surface area contributed by atoms with Crippen molar-refractivity contribution < 1.29 is 19.2 Å². The molecule has 172 valence electrons. The van der Waals surface area contributed by atoms with E-state index >= 15 is 0 Å². The Bertz CT molecular complexity index is 1310. The van der Waals surface area contributed by atoms with Crippen LogP contribution < -0.4 is 4.74 Å². The molecule has 0 aliphatic rings. The molecule has 33 heavy (non-hydrogen) atoms. The van der Waals surface area contributed by atoms with Gasteiger partial charge < -0.3 is 14.4 Å². The van der Waals surface area contributed by atoms with Gasteiger partial charge in [-0.3, -0.25) is 9.48 Å². The minimum absolute atomic E-state index is 0.0486. The molecule has 0 unspecified atom stereocenters. The maximum Gasteiger partial charge on any atom is 0.309 e. The standard InChI is InChI=1S/C23H24ClN5O4/c1-13(2)32-21-17(24)10-14(11-25-21)20-27-19(28-33-20)15-6-5-7-18-16(15)12-26-29(18)9-8-23(3,4)22(30)31/h5-7,10-13H,8-9H2,1-4H3,(H,30,31). The van der Waals surface area contributed by atoms with E-state index in [1.54, 1.807) is 37.0 Å². The summed E-state index contributed by atoms with van der Waals surface area (Å²) >= 11 is 6.28. The average molecular weight is 470 g/mol. The lowest BCUT2D eigenvalue weighted by atomic mass is 9.90. The number of aryl methyl sites for hydroxylation is 1. The number of pyridine rings is 1. The lowest BCUT2D eigenvalue weighted by Crippen LogP contribution is -2.25. The van der Waals surface area contributed by atoms with Gasteiger partial charge in [0, 0.05) is 23.7 Å². The van der Waals surface area contributed by atoms with Crippen LogP contribution in [0, 0.1) is 5.41 Å². The van der Waals surface area contributed by atoms with Gasteiger partial charge in [0.1, 0.15) is 5.02 Å². The Morgan fingerprint density at radius 1 is 1.30 bits per heavy atom. The molecule has 0 fully saturated rings. The van der Waals surface area contributed by atoms with Crippen LogP contribution in [0.2, 0.25) is 5.02 Å². The molecule has 0 spiro atoms. The van der Waals surface area contributed by atoms with Crippen molar-refractivity contribution in [1.82, 2.24) is 24.9 Å². The van der Waals surface area contributed by atoms with Crippen LogP contribution in [0.5, 0.6) is 5.88 Å². The predicted octanol–water partition coefficient (Wildman–Crippen LogP) is 5.09. The molecule has 0 saturated heterocycles. The third-order valence-electron chi connectivity index (χ3n) is 5.28. The Morgan fingerprint density at radius 3 is 2.79 bits per heavy atom. The van der Waals surface area contributed by atoms with E-state index in [-0.39, 0.29) is 12.0 Å². The normalized spacial score (nSPS) is 11.9. The first kappa shape index (κ1) is 22.7. The van der Waals surface area contributed by atoms with Gasteiger partial charge in [0.05, 0.1) is 28.8 Å². The molecule has 1 aromatic carbocycles. The zero-order chi connectivity index (χ0) is 23.8. The largest absolute Gasteiger partial charge is 0.481 e. The summed E-state index contributed by atoms with van der Waals surface area (Å²) in [6, 6.07) is 7.36. The topological polar surface area (TPSA) is 116 Å². The number of hydrogen-bond acceptors (Lipinski definition) is 7. The first-order valence-electron chi connectivity index (χ1n) is 10.5. The van der Waals surface area contributed by atoms with E-state index in [1.807, 2.05) is 32.0 Å². The molecule has 3 aromatic heterocycles. The van der Waals surface area contributed by atoms with Gasteiger partial charge in [0.2, 0.25) is 11.7 Å². The van der Waals surface area contributed by atoms with Crippen LogP contribution >= 0.6 is 11.6 Å². The van der Waals surface area contributed by atoms with Crippen LogP contribution in [0.4, 0.5) is 0 Å². The zero-order valence-electron chi connectivity index (χ0n) is 18.7. The molecule has 0 amide bonds. The smallest absolute Gasteiger partial charge is 0.309 e.